The van der Waals surface area contributed by atoms with Crippen LogP contribution in [0.4, 0.5) is 5.69 Å². The van der Waals surface area contributed by atoms with Crippen molar-refractivity contribution in [3.05, 3.63) is 94.4 Å². The molecular weight excluding hydrogens is 414 g/mol. The Balaban J connectivity index is 1.55. The van der Waals surface area contributed by atoms with Gasteiger partial charge < -0.3 is 24.6 Å². The number of anilines is 1. The average Bonchev–Trinajstić information content (AvgIpc) is 3.10. The van der Waals surface area contributed by atoms with E-state index in [1.165, 1.54) is 42.5 Å². The van der Waals surface area contributed by atoms with Crippen molar-refractivity contribution in [2.45, 2.75) is 6.92 Å². The molecule has 0 spiro atoms. The van der Waals surface area contributed by atoms with Gasteiger partial charge in [0, 0.05) is 11.6 Å². The summed E-state index contributed by atoms with van der Waals surface area (Å²) in [5, 5.41) is 19.7. The highest BCUT2D eigenvalue weighted by atomic mass is 16.8. The lowest BCUT2D eigenvalue weighted by atomic mass is 10.1. The zero-order valence-electron chi connectivity index (χ0n) is 17.0. The molecule has 0 unspecified atom stereocenters. The third-order valence-electron chi connectivity index (χ3n) is 4.66. The zero-order chi connectivity index (χ0) is 22.7. The van der Waals surface area contributed by atoms with Crippen molar-refractivity contribution < 1.29 is 29.0 Å². The highest BCUT2D eigenvalue weighted by molar-refractivity contribution is 6.14. The number of hydrogen-bond donors (Lipinski definition) is 1. The Morgan fingerprint density at radius 3 is 2.72 bits per heavy atom. The van der Waals surface area contributed by atoms with Crippen LogP contribution in [0.1, 0.15) is 33.2 Å². The predicted octanol–water partition coefficient (Wildman–Crippen LogP) is 4.61. The van der Waals surface area contributed by atoms with Gasteiger partial charge in [0.15, 0.2) is 5.76 Å². The Bertz CT molecular complexity index is 1220. The van der Waals surface area contributed by atoms with Gasteiger partial charge in [0.05, 0.1) is 23.4 Å². The Hall–Kier alpha value is -4.14. The number of allylic oxidation sites excluding steroid dienone is 1. The van der Waals surface area contributed by atoms with Crippen molar-refractivity contribution in [1.82, 2.24) is 0 Å². The summed E-state index contributed by atoms with van der Waals surface area (Å²) in [5.74, 6) is 0.143. The van der Waals surface area contributed by atoms with Crippen molar-refractivity contribution in [3.8, 4) is 17.2 Å². The fourth-order valence-electron chi connectivity index (χ4n) is 3.18. The molecule has 1 heterocycles. The molecule has 1 aliphatic rings. The van der Waals surface area contributed by atoms with Crippen LogP contribution in [0.25, 0.3) is 6.08 Å². The van der Waals surface area contributed by atoms with Crippen molar-refractivity contribution in [2.24, 2.45) is 0 Å². The van der Waals surface area contributed by atoms with Gasteiger partial charge in [-0.1, -0.05) is 24.3 Å². The van der Waals surface area contributed by atoms with E-state index in [9.17, 15) is 14.8 Å². The lowest BCUT2D eigenvalue weighted by Crippen LogP contribution is -2.11. The van der Waals surface area contributed by atoms with E-state index in [1.807, 2.05) is 25.1 Å². The minimum Gasteiger partial charge on any atom is -0.733 e. The topological polar surface area (TPSA) is 108 Å². The maximum absolute atomic E-state index is 12.7. The van der Waals surface area contributed by atoms with Crippen molar-refractivity contribution in [3.63, 3.8) is 0 Å². The summed E-state index contributed by atoms with van der Waals surface area (Å²) in [6.45, 7) is 2.36. The number of ketones is 1. The number of hydrogen-bond acceptors (Lipinski definition) is 8. The van der Waals surface area contributed by atoms with Gasteiger partial charge in [0.2, 0.25) is 5.78 Å². The molecule has 0 atom stereocenters. The van der Waals surface area contributed by atoms with Crippen LogP contribution < -0.4 is 19.4 Å². The maximum atomic E-state index is 12.7. The molecule has 3 aromatic rings. The highest BCUT2D eigenvalue weighted by Crippen LogP contribution is 2.36. The fraction of sp³-hybridized carbons (Fsp3) is 0.0833. The second-order valence-corrected chi connectivity index (χ2v) is 6.78. The summed E-state index contributed by atoms with van der Waals surface area (Å²) >= 11 is 0. The maximum Gasteiger partial charge on any atom is 0.343 e. The van der Waals surface area contributed by atoms with E-state index in [2.05, 4.69) is 0 Å². The first-order valence-electron chi connectivity index (χ1n) is 9.74. The van der Waals surface area contributed by atoms with Crippen LogP contribution in [-0.2, 0) is 0 Å². The van der Waals surface area contributed by atoms with E-state index in [4.69, 9.17) is 19.4 Å². The van der Waals surface area contributed by atoms with Crippen molar-refractivity contribution in [2.75, 3.05) is 11.8 Å². The molecule has 1 aliphatic heterocycles. The molecule has 0 aliphatic carbocycles. The van der Waals surface area contributed by atoms with Crippen molar-refractivity contribution in [1.29, 1.82) is 0 Å². The van der Waals surface area contributed by atoms with Gasteiger partial charge >= 0.3 is 5.97 Å². The molecule has 0 aromatic heterocycles. The highest BCUT2D eigenvalue weighted by Gasteiger charge is 2.28. The van der Waals surface area contributed by atoms with Crippen LogP contribution >= 0.6 is 0 Å². The van der Waals surface area contributed by atoms with Gasteiger partial charge in [-0.2, -0.15) is 0 Å². The zero-order valence-corrected chi connectivity index (χ0v) is 17.0. The minimum atomic E-state index is -0.737. The molecule has 0 saturated heterocycles. The van der Waals surface area contributed by atoms with Crippen LogP contribution in [0, 0.1) is 5.21 Å². The quantitative estimate of drug-likeness (QED) is 0.260. The number of rotatable bonds is 6. The van der Waals surface area contributed by atoms with Crippen LogP contribution in [0.15, 0.2) is 72.5 Å². The summed E-state index contributed by atoms with van der Waals surface area (Å²) in [7, 11) is 0. The number of Topliss-reactive ketones (excluding diaryl/α,β-unsaturated/α-hetero) is 1. The molecule has 0 saturated carbocycles. The first-order valence-corrected chi connectivity index (χ1v) is 9.74. The van der Waals surface area contributed by atoms with Gasteiger partial charge in [0.25, 0.3) is 0 Å². The molecular formula is C24H18NO7-. The van der Waals surface area contributed by atoms with E-state index >= 15 is 0 Å². The first kappa shape index (κ1) is 21.1. The second-order valence-electron chi connectivity index (χ2n) is 6.78. The average molecular weight is 432 g/mol. The molecule has 0 fully saturated rings. The van der Waals surface area contributed by atoms with Gasteiger partial charge in [-0.15, -0.1) is 0 Å². The van der Waals surface area contributed by atoms with E-state index < -0.39 is 5.97 Å². The molecule has 32 heavy (non-hydrogen) atoms. The number of para-hydroxylation sites is 1. The summed E-state index contributed by atoms with van der Waals surface area (Å²) in [6.07, 6.45) is 1.61. The van der Waals surface area contributed by atoms with Crippen LogP contribution in [0.5, 0.6) is 17.2 Å². The lowest BCUT2D eigenvalue weighted by Gasteiger charge is -2.21. The molecule has 0 radical (unpaired) electrons. The number of esters is 1. The first-order chi connectivity index (χ1) is 15.5. The smallest absolute Gasteiger partial charge is 0.343 e. The molecule has 162 valence electrons. The molecule has 0 bridgehead atoms. The van der Waals surface area contributed by atoms with Crippen LogP contribution in [-0.4, -0.2) is 23.6 Å². The predicted molar refractivity (Wildman–Crippen MR) is 116 cm³/mol. The standard InChI is InChI=1S/C24H18NO7/c1-2-30-20-9-4-3-6-15(20)13-22-23(26)19-11-10-18(14-21(19)32-22)31-24(27)16-7-5-8-17(12-16)25(28)29/h3-14,28H,2H2,1H3/q-1. The van der Waals surface area contributed by atoms with Crippen molar-refractivity contribution >= 4 is 23.5 Å². The Labute approximate surface area is 183 Å². The van der Waals surface area contributed by atoms with Gasteiger partial charge in [-0.05, 0) is 49.4 Å². The number of carbonyl (C=O) groups excluding carboxylic acids is 2. The molecule has 8 nitrogen and oxygen atoms in total. The largest absolute Gasteiger partial charge is 0.733 e. The number of carbonyl (C=O) groups is 2. The third kappa shape index (κ3) is 4.31. The Kier molecular flexibility index (Phi) is 5.89. The SMILES string of the molecule is CCOc1ccccc1C=C1Oc2cc(OC(=O)c3cccc(N([O-])O)c3)ccc2C1=O. The Morgan fingerprint density at radius 2 is 1.94 bits per heavy atom. The molecule has 1 N–H and O–H groups in total. The fourth-order valence-corrected chi connectivity index (χ4v) is 3.18. The van der Waals surface area contributed by atoms with E-state index in [0.717, 1.165) is 0 Å². The number of nitrogens with zero attached hydrogens (tertiary/aromatic N) is 1. The normalized spacial score (nSPS) is 13.5. The molecule has 4 rings (SSSR count). The lowest BCUT2D eigenvalue weighted by molar-refractivity contribution is 0.0734. The van der Waals surface area contributed by atoms with Gasteiger partial charge in [-0.3, -0.25) is 10.0 Å². The number of fused-ring (bicyclic) bond motifs is 1. The van der Waals surface area contributed by atoms with E-state index in [0.29, 0.717) is 23.5 Å². The second kappa shape index (κ2) is 8.93. The monoisotopic (exact) mass is 432 g/mol. The van der Waals surface area contributed by atoms with Gasteiger partial charge in [0.1, 0.15) is 17.2 Å². The molecule has 0 amide bonds. The third-order valence-corrected chi connectivity index (χ3v) is 4.66. The summed E-state index contributed by atoms with van der Waals surface area (Å²) in [4.78, 5) is 25.1. The molecule has 8 heteroatoms. The van der Waals surface area contributed by atoms with E-state index in [1.54, 1.807) is 12.1 Å². The summed E-state index contributed by atoms with van der Waals surface area (Å²) < 4.78 is 16.6. The summed E-state index contributed by atoms with van der Waals surface area (Å²) in [5.41, 5.74) is 1.01. The van der Waals surface area contributed by atoms with E-state index in [-0.39, 0.29) is 39.5 Å². The van der Waals surface area contributed by atoms with Crippen LogP contribution in [0.2, 0.25) is 0 Å². The Morgan fingerprint density at radius 1 is 1.12 bits per heavy atom. The number of benzene rings is 3. The minimum absolute atomic E-state index is 0.0722. The number of ether oxygens (including phenoxy) is 3. The summed E-state index contributed by atoms with van der Waals surface area (Å²) in [6, 6.07) is 17.1. The molecule has 3 aromatic carbocycles. The van der Waals surface area contributed by atoms with Gasteiger partial charge in [-0.25, -0.2) is 4.79 Å². The van der Waals surface area contributed by atoms with Crippen LogP contribution in [0.3, 0.4) is 0 Å².